The monoisotopic (exact) mass is 386 g/mol. The number of hydrogen-bond acceptors (Lipinski definition) is 4. The standard InChI is InChI=1S/C20H23ClN4O2/c1-2-4-16(8-10-26)24-20(27)18-12-15(17-5-3-9-23-25(17)18)11-14-6-7-19(21)22-13-14/h3,5-7,9,12-13,16,26H,2,4,8,10-11H2,1H3,(H,24,27). The molecule has 0 aromatic carbocycles. The molecule has 27 heavy (non-hydrogen) atoms. The van der Waals surface area contributed by atoms with Gasteiger partial charge in [-0.25, -0.2) is 9.50 Å². The smallest absolute Gasteiger partial charge is 0.270 e. The van der Waals surface area contributed by atoms with Gasteiger partial charge in [0.05, 0.1) is 5.52 Å². The topological polar surface area (TPSA) is 79.5 Å². The Kier molecular flexibility index (Phi) is 6.42. The van der Waals surface area contributed by atoms with Crippen molar-refractivity contribution in [1.29, 1.82) is 0 Å². The normalized spacial score (nSPS) is 12.3. The van der Waals surface area contributed by atoms with Gasteiger partial charge in [-0.15, -0.1) is 0 Å². The number of halogens is 1. The second kappa shape index (κ2) is 8.97. The lowest BCUT2D eigenvalue weighted by Crippen LogP contribution is -2.36. The van der Waals surface area contributed by atoms with Crippen molar-refractivity contribution in [3.8, 4) is 0 Å². The maximum Gasteiger partial charge on any atom is 0.270 e. The third kappa shape index (κ3) is 4.64. The highest BCUT2D eigenvalue weighted by atomic mass is 35.5. The van der Waals surface area contributed by atoms with Gasteiger partial charge in [-0.3, -0.25) is 4.79 Å². The lowest BCUT2D eigenvalue weighted by Gasteiger charge is -2.16. The Labute approximate surface area is 163 Å². The van der Waals surface area contributed by atoms with Gasteiger partial charge in [0.1, 0.15) is 10.8 Å². The Morgan fingerprint density at radius 1 is 1.33 bits per heavy atom. The van der Waals surface area contributed by atoms with Crippen LogP contribution in [0.4, 0.5) is 0 Å². The van der Waals surface area contributed by atoms with Crippen LogP contribution in [-0.4, -0.2) is 38.3 Å². The summed E-state index contributed by atoms with van der Waals surface area (Å²) in [5.74, 6) is -0.184. The van der Waals surface area contributed by atoms with Crippen LogP contribution in [0.15, 0.2) is 42.7 Å². The van der Waals surface area contributed by atoms with Crippen LogP contribution in [0.25, 0.3) is 5.52 Å². The highest BCUT2D eigenvalue weighted by molar-refractivity contribution is 6.29. The van der Waals surface area contributed by atoms with E-state index < -0.39 is 0 Å². The Hall–Kier alpha value is -2.44. The zero-order valence-corrected chi connectivity index (χ0v) is 16.0. The van der Waals surface area contributed by atoms with Crippen LogP contribution in [0.2, 0.25) is 5.15 Å². The van der Waals surface area contributed by atoms with Crippen LogP contribution in [-0.2, 0) is 6.42 Å². The van der Waals surface area contributed by atoms with Crippen LogP contribution in [0.3, 0.4) is 0 Å². The first kappa shape index (κ1) is 19.3. The van der Waals surface area contributed by atoms with Crippen molar-refractivity contribution in [2.24, 2.45) is 0 Å². The summed E-state index contributed by atoms with van der Waals surface area (Å²) < 4.78 is 1.66. The lowest BCUT2D eigenvalue weighted by molar-refractivity contribution is 0.0920. The van der Waals surface area contributed by atoms with E-state index in [1.807, 2.05) is 24.3 Å². The third-order valence-electron chi connectivity index (χ3n) is 4.48. The van der Waals surface area contributed by atoms with E-state index in [0.717, 1.165) is 29.5 Å². The van der Waals surface area contributed by atoms with E-state index in [2.05, 4.69) is 22.3 Å². The molecule has 0 fully saturated rings. The van der Waals surface area contributed by atoms with Crippen LogP contribution in [0.5, 0.6) is 0 Å². The summed E-state index contributed by atoms with van der Waals surface area (Å²) in [5, 5.41) is 17.0. The quantitative estimate of drug-likeness (QED) is 0.582. The number of nitrogens with zero attached hydrogens (tertiary/aromatic N) is 3. The van der Waals surface area contributed by atoms with Gasteiger partial charge in [0.25, 0.3) is 5.91 Å². The van der Waals surface area contributed by atoms with Gasteiger partial charge < -0.3 is 10.4 Å². The van der Waals surface area contributed by atoms with E-state index in [1.54, 1.807) is 23.0 Å². The van der Waals surface area contributed by atoms with E-state index in [0.29, 0.717) is 23.7 Å². The lowest BCUT2D eigenvalue weighted by atomic mass is 10.1. The molecular formula is C20H23ClN4O2. The molecule has 0 aliphatic heterocycles. The number of aliphatic hydroxyl groups excluding tert-OH is 1. The van der Waals surface area contributed by atoms with E-state index in [1.165, 1.54) is 0 Å². The van der Waals surface area contributed by atoms with Crippen molar-refractivity contribution < 1.29 is 9.90 Å². The first-order valence-corrected chi connectivity index (χ1v) is 9.48. The fourth-order valence-corrected chi connectivity index (χ4v) is 3.31. The van der Waals surface area contributed by atoms with Crippen LogP contribution in [0, 0.1) is 0 Å². The van der Waals surface area contributed by atoms with Crippen molar-refractivity contribution in [2.45, 2.75) is 38.6 Å². The molecule has 142 valence electrons. The maximum absolute atomic E-state index is 12.8. The number of carbonyl (C=O) groups excluding carboxylic acids is 1. The molecular weight excluding hydrogens is 364 g/mol. The summed E-state index contributed by atoms with van der Waals surface area (Å²) in [4.78, 5) is 17.0. The number of rotatable bonds is 8. The van der Waals surface area contributed by atoms with Gasteiger partial charge in [-0.2, -0.15) is 5.10 Å². The summed E-state index contributed by atoms with van der Waals surface area (Å²) >= 11 is 5.86. The Morgan fingerprint density at radius 2 is 2.19 bits per heavy atom. The molecule has 3 aromatic rings. The van der Waals surface area contributed by atoms with Gasteiger partial charge in [0, 0.05) is 31.5 Å². The van der Waals surface area contributed by atoms with E-state index in [-0.39, 0.29) is 18.6 Å². The van der Waals surface area contributed by atoms with Gasteiger partial charge in [0.2, 0.25) is 0 Å². The number of fused-ring (bicyclic) bond motifs is 1. The molecule has 0 radical (unpaired) electrons. The molecule has 3 aromatic heterocycles. The Balaban J connectivity index is 1.89. The van der Waals surface area contributed by atoms with Crippen molar-refractivity contribution in [3.63, 3.8) is 0 Å². The van der Waals surface area contributed by atoms with Crippen molar-refractivity contribution >= 4 is 23.0 Å². The van der Waals surface area contributed by atoms with E-state index in [9.17, 15) is 9.90 Å². The second-order valence-corrected chi connectivity index (χ2v) is 6.90. The molecule has 1 atom stereocenters. The van der Waals surface area contributed by atoms with Crippen molar-refractivity contribution in [3.05, 3.63) is 64.7 Å². The molecule has 0 aliphatic rings. The fraction of sp³-hybridized carbons (Fsp3) is 0.350. The maximum atomic E-state index is 12.8. The number of aliphatic hydroxyl groups is 1. The predicted octanol–water partition coefficient (Wildman–Crippen LogP) is 3.25. The molecule has 1 amide bonds. The van der Waals surface area contributed by atoms with E-state index >= 15 is 0 Å². The molecule has 2 N–H and O–H groups in total. The average molecular weight is 387 g/mol. The van der Waals surface area contributed by atoms with Gasteiger partial charge >= 0.3 is 0 Å². The second-order valence-electron chi connectivity index (χ2n) is 6.51. The largest absolute Gasteiger partial charge is 0.396 e. The number of carbonyl (C=O) groups is 1. The Morgan fingerprint density at radius 3 is 2.89 bits per heavy atom. The number of pyridine rings is 1. The van der Waals surface area contributed by atoms with Gasteiger partial charge in [-0.1, -0.05) is 31.0 Å². The first-order valence-electron chi connectivity index (χ1n) is 9.10. The molecule has 3 rings (SSSR count). The minimum Gasteiger partial charge on any atom is -0.396 e. The summed E-state index contributed by atoms with van der Waals surface area (Å²) in [5.41, 5.74) is 3.37. The number of amides is 1. The summed E-state index contributed by atoms with van der Waals surface area (Å²) in [6.45, 7) is 2.11. The zero-order chi connectivity index (χ0) is 19.2. The fourth-order valence-electron chi connectivity index (χ4n) is 3.19. The minimum atomic E-state index is -0.184. The SMILES string of the molecule is CCCC(CCO)NC(=O)c1cc(Cc2ccc(Cl)nc2)c2cccnn12. The molecule has 0 spiro atoms. The summed E-state index contributed by atoms with van der Waals surface area (Å²) in [7, 11) is 0. The highest BCUT2D eigenvalue weighted by Gasteiger charge is 2.19. The van der Waals surface area contributed by atoms with E-state index in [4.69, 9.17) is 11.6 Å². The van der Waals surface area contributed by atoms with Gasteiger partial charge in [-0.05, 0) is 48.2 Å². The summed E-state index contributed by atoms with van der Waals surface area (Å²) in [6.07, 6.45) is 6.33. The minimum absolute atomic E-state index is 0.0485. The number of aromatic nitrogens is 3. The number of nitrogens with one attached hydrogen (secondary N) is 1. The summed E-state index contributed by atoms with van der Waals surface area (Å²) in [6, 6.07) is 9.30. The van der Waals surface area contributed by atoms with Gasteiger partial charge in [0.15, 0.2) is 0 Å². The molecule has 1 unspecified atom stereocenters. The molecule has 0 saturated carbocycles. The van der Waals surface area contributed by atoms with Crippen LogP contribution in [0.1, 0.15) is 47.8 Å². The Bertz CT molecular complexity index is 902. The molecule has 0 bridgehead atoms. The highest BCUT2D eigenvalue weighted by Crippen LogP contribution is 2.20. The third-order valence-corrected chi connectivity index (χ3v) is 4.71. The molecule has 6 nitrogen and oxygen atoms in total. The van der Waals surface area contributed by atoms with Crippen LogP contribution >= 0.6 is 11.6 Å². The van der Waals surface area contributed by atoms with Crippen LogP contribution < -0.4 is 5.32 Å². The molecule has 7 heteroatoms. The zero-order valence-electron chi connectivity index (χ0n) is 15.2. The van der Waals surface area contributed by atoms with Crippen molar-refractivity contribution in [2.75, 3.05) is 6.61 Å². The number of hydrogen-bond donors (Lipinski definition) is 2. The molecule has 3 heterocycles. The predicted molar refractivity (Wildman–Crippen MR) is 105 cm³/mol. The van der Waals surface area contributed by atoms with Crippen molar-refractivity contribution in [1.82, 2.24) is 19.9 Å². The average Bonchev–Trinajstić information content (AvgIpc) is 3.03. The first-order chi connectivity index (χ1) is 13.1. The molecule has 0 aliphatic carbocycles. The molecule has 0 saturated heterocycles.